The zero-order chi connectivity index (χ0) is 11.8. The van der Waals surface area contributed by atoms with Gasteiger partial charge in [0.05, 0.1) is 0 Å². The largest absolute Gasteiger partial charge is 0.480 e. The van der Waals surface area contributed by atoms with E-state index in [0.717, 1.165) is 4.90 Å². The number of carboxylic acid groups (broad SMARTS) is 2. The van der Waals surface area contributed by atoms with Crippen molar-refractivity contribution in [2.45, 2.75) is 6.42 Å². The molecule has 0 atom stereocenters. The Morgan fingerprint density at radius 3 is 1.93 bits per heavy atom. The SMILES string of the molecule is CNCCC(=O)N(CC(=O)O)CC(=O)O. The number of carboxylic acids is 2. The Kier molecular flexibility index (Phi) is 6.03. The van der Waals surface area contributed by atoms with Crippen molar-refractivity contribution >= 4 is 17.8 Å². The Bertz CT molecular complexity index is 237. The number of carbonyl (C=O) groups excluding carboxylic acids is 1. The fourth-order valence-electron chi connectivity index (χ4n) is 0.949. The first-order valence-electron chi connectivity index (χ1n) is 4.33. The van der Waals surface area contributed by atoms with E-state index in [-0.39, 0.29) is 6.42 Å². The maximum absolute atomic E-state index is 11.3. The molecule has 86 valence electrons. The molecule has 0 aliphatic heterocycles. The van der Waals surface area contributed by atoms with E-state index in [1.54, 1.807) is 7.05 Å². The average Bonchev–Trinajstić information content (AvgIpc) is 2.11. The van der Waals surface area contributed by atoms with Crippen molar-refractivity contribution < 1.29 is 24.6 Å². The summed E-state index contributed by atoms with van der Waals surface area (Å²) in [6.45, 7) is -0.793. The van der Waals surface area contributed by atoms with Crippen LogP contribution in [0.15, 0.2) is 0 Å². The van der Waals surface area contributed by atoms with Gasteiger partial charge in [-0.3, -0.25) is 14.4 Å². The van der Waals surface area contributed by atoms with E-state index < -0.39 is 30.9 Å². The van der Waals surface area contributed by atoms with E-state index in [1.807, 2.05) is 0 Å². The second kappa shape index (κ2) is 6.77. The van der Waals surface area contributed by atoms with Crippen LogP contribution in [0.25, 0.3) is 0 Å². The fraction of sp³-hybridized carbons (Fsp3) is 0.625. The van der Waals surface area contributed by atoms with Crippen LogP contribution in [0.5, 0.6) is 0 Å². The van der Waals surface area contributed by atoms with E-state index in [0.29, 0.717) is 6.54 Å². The fourth-order valence-corrected chi connectivity index (χ4v) is 0.949. The molecule has 15 heavy (non-hydrogen) atoms. The van der Waals surface area contributed by atoms with E-state index in [4.69, 9.17) is 10.2 Å². The van der Waals surface area contributed by atoms with E-state index in [9.17, 15) is 14.4 Å². The molecule has 0 bridgehead atoms. The number of rotatable bonds is 7. The van der Waals surface area contributed by atoms with Gasteiger partial charge in [-0.25, -0.2) is 0 Å². The van der Waals surface area contributed by atoms with Crippen LogP contribution in [-0.2, 0) is 14.4 Å². The maximum Gasteiger partial charge on any atom is 0.323 e. The summed E-state index contributed by atoms with van der Waals surface area (Å²) in [5, 5.41) is 19.7. The number of nitrogens with one attached hydrogen (secondary N) is 1. The predicted octanol–water partition coefficient (Wildman–Crippen LogP) is -1.41. The summed E-state index contributed by atoms with van der Waals surface area (Å²) in [7, 11) is 1.64. The van der Waals surface area contributed by atoms with Crippen LogP contribution in [0.3, 0.4) is 0 Å². The molecular formula is C8H14N2O5. The highest BCUT2D eigenvalue weighted by atomic mass is 16.4. The maximum atomic E-state index is 11.3. The first-order chi connectivity index (χ1) is 6.97. The zero-order valence-electron chi connectivity index (χ0n) is 8.39. The molecule has 1 amide bonds. The van der Waals surface area contributed by atoms with Gasteiger partial charge in [0.1, 0.15) is 13.1 Å². The van der Waals surface area contributed by atoms with Crippen molar-refractivity contribution in [3.63, 3.8) is 0 Å². The van der Waals surface area contributed by atoms with E-state index >= 15 is 0 Å². The van der Waals surface area contributed by atoms with Crippen LogP contribution in [0.1, 0.15) is 6.42 Å². The number of carbonyl (C=O) groups is 3. The quantitative estimate of drug-likeness (QED) is 0.485. The third-order valence-electron chi connectivity index (χ3n) is 1.59. The Morgan fingerprint density at radius 2 is 1.60 bits per heavy atom. The Hall–Kier alpha value is -1.63. The second-order valence-corrected chi connectivity index (χ2v) is 2.89. The summed E-state index contributed by atoms with van der Waals surface area (Å²) < 4.78 is 0. The minimum atomic E-state index is -1.23. The van der Waals surface area contributed by atoms with Crippen LogP contribution in [0, 0.1) is 0 Å². The van der Waals surface area contributed by atoms with Gasteiger partial charge in [0.15, 0.2) is 0 Å². The molecule has 0 saturated carbocycles. The lowest BCUT2D eigenvalue weighted by Crippen LogP contribution is -2.40. The highest BCUT2D eigenvalue weighted by Crippen LogP contribution is 1.94. The van der Waals surface area contributed by atoms with Gasteiger partial charge in [-0.15, -0.1) is 0 Å². The second-order valence-electron chi connectivity index (χ2n) is 2.89. The highest BCUT2D eigenvalue weighted by Gasteiger charge is 2.18. The van der Waals surface area contributed by atoms with Crippen LogP contribution < -0.4 is 5.32 Å². The normalized spacial score (nSPS) is 9.67. The lowest BCUT2D eigenvalue weighted by atomic mass is 10.3. The molecule has 0 aromatic heterocycles. The first-order valence-corrected chi connectivity index (χ1v) is 4.33. The minimum Gasteiger partial charge on any atom is -0.480 e. The number of hydrogen-bond donors (Lipinski definition) is 3. The average molecular weight is 218 g/mol. The van der Waals surface area contributed by atoms with Gasteiger partial charge < -0.3 is 20.4 Å². The smallest absolute Gasteiger partial charge is 0.323 e. The van der Waals surface area contributed by atoms with Gasteiger partial charge in [0, 0.05) is 13.0 Å². The van der Waals surface area contributed by atoms with Crippen LogP contribution in [0.4, 0.5) is 0 Å². The van der Waals surface area contributed by atoms with Crippen molar-refractivity contribution in [1.82, 2.24) is 10.2 Å². The van der Waals surface area contributed by atoms with Crippen molar-refractivity contribution in [1.29, 1.82) is 0 Å². The Morgan fingerprint density at radius 1 is 1.13 bits per heavy atom. The van der Waals surface area contributed by atoms with Crippen LogP contribution >= 0.6 is 0 Å². The monoisotopic (exact) mass is 218 g/mol. The van der Waals surface area contributed by atoms with Gasteiger partial charge in [0.2, 0.25) is 5.91 Å². The van der Waals surface area contributed by atoms with E-state index in [1.165, 1.54) is 0 Å². The van der Waals surface area contributed by atoms with Crippen molar-refractivity contribution in [2.24, 2.45) is 0 Å². The molecular weight excluding hydrogens is 204 g/mol. The first kappa shape index (κ1) is 13.4. The molecule has 3 N–H and O–H groups in total. The van der Waals surface area contributed by atoms with Gasteiger partial charge in [0.25, 0.3) is 0 Å². The topological polar surface area (TPSA) is 107 Å². The Balaban J connectivity index is 4.26. The molecule has 0 aromatic carbocycles. The Labute approximate surface area is 86.7 Å². The molecule has 0 aliphatic carbocycles. The van der Waals surface area contributed by atoms with Gasteiger partial charge in [-0.1, -0.05) is 0 Å². The standard InChI is InChI=1S/C8H14N2O5/c1-9-3-2-6(11)10(4-7(12)13)5-8(14)15/h9H,2-5H2,1H3,(H,12,13)(H,14,15). The molecule has 7 heteroatoms. The third kappa shape index (κ3) is 6.44. The molecule has 0 aliphatic rings. The molecule has 0 unspecified atom stereocenters. The van der Waals surface area contributed by atoms with Gasteiger partial charge in [-0.2, -0.15) is 0 Å². The molecule has 0 fully saturated rings. The van der Waals surface area contributed by atoms with Crippen molar-refractivity contribution in [2.75, 3.05) is 26.7 Å². The molecule has 0 spiro atoms. The summed E-state index contributed by atoms with van der Waals surface area (Å²) in [5.74, 6) is -2.95. The predicted molar refractivity (Wildman–Crippen MR) is 50.4 cm³/mol. The number of hydrogen-bond acceptors (Lipinski definition) is 4. The van der Waals surface area contributed by atoms with E-state index in [2.05, 4.69) is 5.32 Å². The lowest BCUT2D eigenvalue weighted by Gasteiger charge is -2.18. The third-order valence-corrected chi connectivity index (χ3v) is 1.59. The molecule has 0 saturated heterocycles. The minimum absolute atomic E-state index is 0.0804. The summed E-state index contributed by atoms with van der Waals surface area (Å²) in [6, 6.07) is 0. The molecule has 7 nitrogen and oxygen atoms in total. The van der Waals surface area contributed by atoms with Gasteiger partial charge >= 0.3 is 11.9 Å². The molecule has 0 heterocycles. The van der Waals surface area contributed by atoms with Gasteiger partial charge in [-0.05, 0) is 7.05 Å². The summed E-state index contributed by atoms with van der Waals surface area (Å²) >= 11 is 0. The summed E-state index contributed by atoms with van der Waals surface area (Å²) in [5.41, 5.74) is 0. The molecule has 0 aromatic rings. The number of aliphatic carboxylic acids is 2. The van der Waals surface area contributed by atoms with Crippen molar-refractivity contribution in [3.8, 4) is 0 Å². The summed E-state index contributed by atoms with van der Waals surface area (Å²) in [4.78, 5) is 32.9. The van der Waals surface area contributed by atoms with Crippen molar-refractivity contribution in [3.05, 3.63) is 0 Å². The molecule has 0 radical (unpaired) electrons. The molecule has 0 rings (SSSR count). The lowest BCUT2D eigenvalue weighted by molar-refractivity contribution is -0.149. The zero-order valence-corrected chi connectivity index (χ0v) is 8.39. The summed E-state index contributed by atoms with van der Waals surface area (Å²) in [6.07, 6.45) is 0.0804. The number of nitrogens with zero attached hydrogens (tertiary/aromatic N) is 1. The van der Waals surface area contributed by atoms with Crippen LogP contribution in [-0.4, -0.2) is 59.6 Å². The number of amides is 1. The highest BCUT2D eigenvalue weighted by molar-refractivity contribution is 5.85. The van der Waals surface area contributed by atoms with Crippen LogP contribution in [0.2, 0.25) is 0 Å².